The maximum Gasteiger partial charge on any atom is 0.314 e. The molecule has 0 radical (unpaired) electrons. The van der Waals surface area contributed by atoms with Crippen LogP contribution in [0.1, 0.15) is 96.0 Å². The minimum absolute atomic E-state index is 0.0209. The Labute approximate surface area is 159 Å². The van der Waals surface area contributed by atoms with Gasteiger partial charge < -0.3 is 4.74 Å². The van der Waals surface area contributed by atoms with Crippen LogP contribution in [0.25, 0.3) is 0 Å². The molecular formula is C24H36O2. The van der Waals surface area contributed by atoms with Gasteiger partial charge in [-0.05, 0) is 86.8 Å². The van der Waals surface area contributed by atoms with Crippen molar-refractivity contribution in [1.29, 1.82) is 0 Å². The molecule has 0 spiro atoms. The van der Waals surface area contributed by atoms with Gasteiger partial charge >= 0.3 is 5.97 Å². The first-order valence-corrected chi connectivity index (χ1v) is 11.0. The lowest BCUT2D eigenvalue weighted by Gasteiger charge is -2.28. The van der Waals surface area contributed by atoms with Gasteiger partial charge in [-0.2, -0.15) is 0 Å². The van der Waals surface area contributed by atoms with Gasteiger partial charge in [0.1, 0.15) is 5.75 Å². The van der Waals surface area contributed by atoms with Crippen molar-refractivity contribution in [2.75, 3.05) is 0 Å². The predicted octanol–water partition coefficient (Wildman–Crippen LogP) is 6.88. The van der Waals surface area contributed by atoms with Gasteiger partial charge in [-0.25, -0.2) is 0 Å². The molecule has 3 rings (SSSR count). The molecule has 0 bridgehead atoms. The van der Waals surface area contributed by atoms with E-state index in [0.29, 0.717) is 5.92 Å². The summed E-state index contributed by atoms with van der Waals surface area (Å²) in [6.45, 7) is 4.54. The van der Waals surface area contributed by atoms with Crippen LogP contribution in [0.4, 0.5) is 0 Å². The van der Waals surface area contributed by atoms with Crippen LogP contribution in [-0.4, -0.2) is 5.97 Å². The molecule has 0 N–H and O–H groups in total. The zero-order chi connectivity index (χ0) is 18.4. The molecule has 0 atom stereocenters. The Hall–Kier alpha value is -1.31. The lowest BCUT2D eigenvalue weighted by molar-refractivity contribution is -0.140. The zero-order valence-electron chi connectivity index (χ0n) is 16.7. The van der Waals surface area contributed by atoms with Crippen molar-refractivity contribution in [1.82, 2.24) is 0 Å². The Morgan fingerprint density at radius 1 is 0.885 bits per heavy atom. The topological polar surface area (TPSA) is 26.3 Å². The standard InChI is InChI=1S/C24H36O2/c1-3-5-19-8-10-20(11-9-19)21-14-16-23(17-15-21)26-24(25)22-12-6-18(4-2)7-13-22/h14-20,22H,3-13H2,1-2H3. The van der Waals surface area contributed by atoms with Crippen LogP contribution in [-0.2, 0) is 4.79 Å². The van der Waals surface area contributed by atoms with Crippen LogP contribution in [0.15, 0.2) is 24.3 Å². The third-order valence-electron chi connectivity index (χ3n) is 6.87. The van der Waals surface area contributed by atoms with Gasteiger partial charge in [-0.1, -0.05) is 45.2 Å². The second-order valence-corrected chi connectivity index (χ2v) is 8.62. The lowest BCUT2D eigenvalue weighted by atomic mass is 9.77. The smallest absolute Gasteiger partial charge is 0.314 e. The minimum Gasteiger partial charge on any atom is -0.426 e. The van der Waals surface area contributed by atoms with Crippen molar-refractivity contribution >= 4 is 5.97 Å². The lowest BCUT2D eigenvalue weighted by Crippen LogP contribution is -2.25. The molecule has 1 aromatic carbocycles. The van der Waals surface area contributed by atoms with E-state index in [4.69, 9.17) is 4.74 Å². The molecule has 2 saturated carbocycles. The quantitative estimate of drug-likeness (QED) is 0.410. The second-order valence-electron chi connectivity index (χ2n) is 8.62. The Bertz CT molecular complexity index is 546. The molecule has 2 aliphatic carbocycles. The van der Waals surface area contributed by atoms with Gasteiger partial charge in [-0.3, -0.25) is 4.79 Å². The van der Waals surface area contributed by atoms with E-state index in [9.17, 15) is 4.79 Å². The van der Waals surface area contributed by atoms with Crippen molar-refractivity contribution in [3.63, 3.8) is 0 Å². The number of carbonyl (C=O) groups excluding carboxylic acids is 1. The first-order chi connectivity index (χ1) is 12.7. The first-order valence-electron chi connectivity index (χ1n) is 11.0. The highest BCUT2D eigenvalue weighted by molar-refractivity contribution is 5.75. The molecule has 0 heterocycles. The number of hydrogen-bond acceptors (Lipinski definition) is 2. The Morgan fingerprint density at radius 2 is 1.50 bits per heavy atom. The molecule has 0 amide bonds. The third kappa shape index (κ3) is 5.11. The van der Waals surface area contributed by atoms with E-state index in [-0.39, 0.29) is 11.9 Å². The van der Waals surface area contributed by atoms with Crippen LogP contribution in [0, 0.1) is 17.8 Å². The summed E-state index contributed by atoms with van der Waals surface area (Å²) in [7, 11) is 0. The van der Waals surface area contributed by atoms with E-state index in [0.717, 1.165) is 30.4 Å². The third-order valence-corrected chi connectivity index (χ3v) is 6.87. The molecule has 2 heteroatoms. The summed E-state index contributed by atoms with van der Waals surface area (Å²) in [5.74, 6) is 3.25. The van der Waals surface area contributed by atoms with Gasteiger partial charge in [0.05, 0.1) is 5.92 Å². The Balaban J connectivity index is 1.48. The molecule has 0 aromatic heterocycles. The number of rotatable bonds is 6. The second kappa shape index (κ2) is 9.58. The molecule has 0 unspecified atom stereocenters. The number of hydrogen-bond donors (Lipinski definition) is 0. The molecule has 2 nitrogen and oxygen atoms in total. The summed E-state index contributed by atoms with van der Waals surface area (Å²) >= 11 is 0. The minimum atomic E-state index is -0.0209. The molecular weight excluding hydrogens is 320 g/mol. The van der Waals surface area contributed by atoms with Gasteiger partial charge in [-0.15, -0.1) is 0 Å². The average Bonchev–Trinajstić information content (AvgIpc) is 2.69. The van der Waals surface area contributed by atoms with Crippen LogP contribution < -0.4 is 4.74 Å². The number of esters is 1. The molecule has 2 fully saturated rings. The first kappa shape index (κ1) is 19.5. The summed E-state index contributed by atoms with van der Waals surface area (Å²) in [5, 5.41) is 0. The monoisotopic (exact) mass is 356 g/mol. The van der Waals surface area contributed by atoms with E-state index in [1.54, 1.807) is 0 Å². The summed E-state index contributed by atoms with van der Waals surface area (Å²) < 4.78 is 5.68. The molecule has 0 saturated heterocycles. The van der Waals surface area contributed by atoms with E-state index in [1.807, 2.05) is 12.1 Å². The van der Waals surface area contributed by atoms with E-state index in [2.05, 4.69) is 26.0 Å². The summed E-state index contributed by atoms with van der Waals surface area (Å²) in [6, 6.07) is 8.37. The average molecular weight is 357 g/mol. The normalized spacial score (nSPS) is 29.3. The summed E-state index contributed by atoms with van der Waals surface area (Å²) in [5.41, 5.74) is 1.42. The van der Waals surface area contributed by atoms with Crippen LogP contribution in [0.5, 0.6) is 5.75 Å². The van der Waals surface area contributed by atoms with Crippen molar-refractivity contribution in [3.8, 4) is 5.75 Å². The Morgan fingerprint density at radius 3 is 2.08 bits per heavy atom. The molecule has 0 aliphatic heterocycles. The number of carbonyl (C=O) groups is 1. The van der Waals surface area contributed by atoms with Crippen LogP contribution >= 0.6 is 0 Å². The van der Waals surface area contributed by atoms with E-state index in [1.165, 1.54) is 63.4 Å². The number of ether oxygens (including phenoxy) is 1. The van der Waals surface area contributed by atoms with Crippen molar-refractivity contribution in [2.45, 2.75) is 90.4 Å². The molecule has 26 heavy (non-hydrogen) atoms. The highest BCUT2D eigenvalue weighted by atomic mass is 16.5. The SMILES string of the molecule is CCCC1CCC(c2ccc(OC(=O)C3CCC(CC)CC3)cc2)CC1. The predicted molar refractivity (Wildman–Crippen MR) is 107 cm³/mol. The zero-order valence-corrected chi connectivity index (χ0v) is 16.7. The van der Waals surface area contributed by atoms with Gasteiger partial charge in [0.25, 0.3) is 0 Å². The summed E-state index contributed by atoms with van der Waals surface area (Å²) in [4.78, 5) is 12.4. The van der Waals surface area contributed by atoms with Gasteiger partial charge in [0, 0.05) is 0 Å². The van der Waals surface area contributed by atoms with E-state index < -0.39 is 0 Å². The molecule has 1 aromatic rings. The van der Waals surface area contributed by atoms with E-state index >= 15 is 0 Å². The largest absolute Gasteiger partial charge is 0.426 e. The number of benzene rings is 1. The fraction of sp³-hybridized carbons (Fsp3) is 0.708. The van der Waals surface area contributed by atoms with Crippen molar-refractivity contribution in [2.24, 2.45) is 17.8 Å². The molecule has 2 aliphatic rings. The molecule has 144 valence electrons. The summed E-state index contributed by atoms with van der Waals surface area (Å²) in [6.07, 6.45) is 13.7. The fourth-order valence-electron chi connectivity index (χ4n) is 5.01. The fourth-order valence-corrected chi connectivity index (χ4v) is 5.01. The van der Waals surface area contributed by atoms with Crippen molar-refractivity contribution in [3.05, 3.63) is 29.8 Å². The van der Waals surface area contributed by atoms with Gasteiger partial charge in [0.15, 0.2) is 0 Å². The highest BCUT2D eigenvalue weighted by Crippen LogP contribution is 2.38. The van der Waals surface area contributed by atoms with Crippen LogP contribution in [0.3, 0.4) is 0 Å². The maximum atomic E-state index is 12.4. The highest BCUT2D eigenvalue weighted by Gasteiger charge is 2.27. The maximum absolute atomic E-state index is 12.4. The van der Waals surface area contributed by atoms with Gasteiger partial charge in [0.2, 0.25) is 0 Å². The Kier molecular flexibility index (Phi) is 7.16. The van der Waals surface area contributed by atoms with Crippen molar-refractivity contribution < 1.29 is 9.53 Å². The van der Waals surface area contributed by atoms with Crippen LogP contribution in [0.2, 0.25) is 0 Å².